The van der Waals surface area contributed by atoms with Crippen LogP contribution in [0.4, 0.5) is 11.4 Å². The van der Waals surface area contributed by atoms with Crippen LogP contribution in [-0.4, -0.2) is 20.6 Å². The lowest BCUT2D eigenvalue weighted by Crippen LogP contribution is -2.29. The third-order valence-electron chi connectivity index (χ3n) is 7.19. The van der Waals surface area contributed by atoms with Crippen LogP contribution in [0.25, 0.3) is 0 Å². The summed E-state index contributed by atoms with van der Waals surface area (Å²) in [7, 11) is 0. The molecule has 0 bridgehead atoms. The maximum absolute atomic E-state index is 12.2. The topological polar surface area (TPSA) is 62.2 Å². The number of nitrogens with one attached hydrogen (secondary N) is 2. The van der Waals surface area contributed by atoms with Crippen LogP contribution in [0.1, 0.15) is 75.3 Å². The van der Waals surface area contributed by atoms with Gasteiger partial charge in [-0.2, -0.15) is 0 Å². The number of carbonyl (C=O) groups is 1. The molecule has 0 unspecified atom stereocenters. The van der Waals surface area contributed by atoms with Crippen molar-refractivity contribution in [2.45, 2.75) is 64.1 Å². The Morgan fingerprint density at radius 3 is 2.67 bits per heavy atom. The molecule has 2 aromatic heterocycles. The molecular weight excluding hydrogens is 490 g/mol. The molecule has 1 aliphatic heterocycles. The number of hydrogen-bond acceptors (Lipinski definition) is 3. The summed E-state index contributed by atoms with van der Waals surface area (Å²) in [5.74, 6) is -0.201. The number of carbonyl (C=O) groups excluding carboxylic acids is 1. The van der Waals surface area contributed by atoms with Crippen LogP contribution in [-0.2, 0) is 4.79 Å². The molecule has 188 valence electrons. The molecule has 1 aromatic carbocycles. The van der Waals surface area contributed by atoms with E-state index in [2.05, 4.69) is 43.5 Å². The number of nitrogens with zero attached hydrogens (tertiary/aromatic N) is 3. The first-order valence-corrected chi connectivity index (χ1v) is 13.5. The van der Waals surface area contributed by atoms with Crippen molar-refractivity contribution >= 4 is 46.2 Å². The van der Waals surface area contributed by atoms with Gasteiger partial charge in [0.1, 0.15) is 0 Å². The van der Waals surface area contributed by atoms with Gasteiger partial charge in [0.2, 0.25) is 5.91 Å². The van der Waals surface area contributed by atoms with Crippen molar-refractivity contribution in [2.75, 3.05) is 10.2 Å². The minimum atomic E-state index is -0.132. The Hall–Kier alpha value is -2.90. The highest BCUT2D eigenvalue weighted by Crippen LogP contribution is 2.43. The smallest absolute Gasteiger partial charge is 0.226 e. The van der Waals surface area contributed by atoms with Gasteiger partial charge in [0.15, 0.2) is 5.11 Å². The predicted octanol–water partition coefficient (Wildman–Crippen LogP) is 6.81. The lowest BCUT2D eigenvalue weighted by Gasteiger charge is -2.28. The fraction of sp³-hybridized carbons (Fsp3) is 0.393. The molecule has 2 aliphatic rings. The van der Waals surface area contributed by atoms with Crippen molar-refractivity contribution in [1.29, 1.82) is 0 Å². The minimum Gasteiger partial charge on any atom is -0.351 e. The number of thiocarbonyl (C=S) groups is 1. The zero-order valence-corrected chi connectivity index (χ0v) is 22.2. The van der Waals surface area contributed by atoms with E-state index >= 15 is 0 Å². The summed E-state index contributed by atoms with van der Waals surface area (Å²) in [6, 6.07) is 14.2. The van der Waals surface area contributed by atoms with Gasteiger partial charge in [0.05, 0.1) is 28.5 Å². The summed E-state index contributed by atoms with van der Waals surface area (Å²) >= 11 is 12.5. The molecule has 6 nitrogen and oxygen atoms in total. The number of benzene rings is 1. The summed E-state index contributed by atoms with van der Waals surface area (Å²) in [6.45, 7) is 3.71. The Kier molecular flexibility index (Phi) is 7.30. The monoisotopic (exact) mass is 521 g/mol. The fourth-order valence-corrected chi connectivity index (χ4v) is 5.78. The van der Waals surface area contributed by atoms with Crippen LogP contribution in [0.15, 0.2) is 61.1 Å². The van der Waals surface area contributed by atoms with Crippen molar-refractivity contribution in [2.24, 2.45) is 5.92 Å². The predicted molar refractivity (Wildman–Crippen MR) is 149 cm³/mol. The molecule has 2 N–H and O–H groups in total. The van der Waals surface area contributed by atoms with E-state index in [9.17, 15) is 4.79 Å². The second kappa shape index (κ2) is 10.6. The molecule has 2 atom stereocenters. The van der Waals surface area contributed by atoms with E-state index in [1.165, 1.54) is 37.7 Å². The minimum absolute atomic E-state index is 0.0693. The molecule has 5 rings (SSSR count). The summed E-state index contributed by atoms with van der Waals surface area (Å²) in [5.41, 5.74) is 3.58. The van der Waals surface area contributed by atoms with E-state index in [1.807, 2.05) is 56.4 Å². The van der Waals surface area contributed by atoms with Crippen molar-refractivity contribution in [3.8, 4) is 0 Å². The number of anilines is 2. The van der Waals surface area contributed by atoms with Crippen LogP contribution in [0.3, 0.4) is 0 Å². The number of hydrogen-bond donors (Lipinski definition) is 2. The Bertz CT molecular complexity index is 1240. The van der Waals surface area contributed by atoms with Crippen molar-refractivity contribution in [3.05, 3.63) is 77.3 Å². The van der Waals surface area contributed by atoms with Crippen LogP contribution < -0.4 is 15.5 Å². The quantitative estimate of drug-likeness (QED) is 0.349. The van der Waals surface area contributed by atoms with Gasteiger partial charge in [-0.1, -0.05) is 50.8 Å². The highest BCUT2D eigenvalue weighted by Gasteiger charge is 2.41. The molecular formula is C28H32ClN5OS. The van der Waals surface area contributed by atoms with Crippen LogP contribution >= 0.6 is 23.8 Å². The van der Waals surface area contributed by atoms with Gasteiger partial charge in [-0.3, -0.25) is 9.78 Å². The highest BCUT2D eigenvalue weighted by molar-refractivity contribution is 7.80. The van der Waals surface area contributed by atoms with E-state index in [-0.39, 0.29) is 23.9 Å². The fourth-order valence-electron chi connectivity index (χ4n) is 5.22. The van der Waals surface area contributed by atoms with Gasteiger partial charge in [-0.25, -0.2) is 0 Å². The molecule has 1 amide bonds. The van der Waals surface area contributed by atoms with Gasteiger partial charge in [0.25, 0.3) is 0 Å². The molecule has 1 aliphatic carbocycles. The van der Waals surface area contributed by atoms with E-state index in [0.717, 1.165) is 11.4 Å². The maximum Gasteiger partial charge on any atom is 0.226 e. The van der Waals surface area contributed by atoms with Gasteiger partial charge in [-0.15, -0.1) is 0 Å². The molecule has 1 saturated heterocycles. The summed E-state index contributed by atoms with van der Waals surface area (Å²) in [4.78, 5) is 19.0. The number of aromatic nitrogens is 2. The third-order valence-corrected chi connectivity index (χ3v) is 7.81. The summed E-state index contributed by atoms with van der Waals surface area (Å²) < 4.78 is 2.38. The molecule has 0 spiro atoms. The zero-order valence-electron chi connectivity index (χ0n) is 20.7. The lowest BCUT2D eigenvalue weighted by atomic mass is 9.95. The van der Waals surface area contributed by atoms with Crippen molar-refractivity contribution < 1.29 is 4.79 Å². The third kappa shape index (κ3) is 5.00. The van der Waals surface area contributed by atoms with Crippen LogP contribution in [0.2, 0.25) is 5.02 Å². The lowest BCUT2D eigenvalue weighted by molar-refractivity contribution is -0.118. The number of pyridine rings is 1. The zero-order chi connectivity index (χ0) is 25.2. The molecule has 8 heteroatoms. The molecule has 1 saturated carbocycles. The highest BCUT2D eigenvalue weighted by atomic mass is 35.5. The van der Waals surface area contributed by atoms with E-state index in [0.29, 0.717) is 21.9 Å². The largest absolute Gasteiger partial charge is 0.351 e. The van der Waals surface area contributed by atoms with E-state index < -0.39 is 0 Å². The van der Waals surface area contributed by atoms with Crippen molar-refractivity contribution in [3.63, 3.8) is 0 Å². The average Bonchev–Trinajstić information content (AvgIpc) is 3.51. The van der Waals surface area contributed by atoms with Crippen LogP contribution in [0, 0.1) is 5.92 Å². The first kappa shape index (κ1) is 24.8. The molecule has 2 fully saturated rings. The molecule has 36 heavy (non-hydrogen) atoms. The Morgan fingerprint density at radius 1 is 1.17 bits per heavy atom. The number of amides is 1. The first-order chi connectivity index (χ1) is 17.4. The summed E-state index contributed by atoms with van der Waals surface area (Å²) in [6.07, 6.45) is 12.6. The first-order valence-electron chi connectivity index (χ1n) is 12.7. The average molecular weight is 522 g/mol. The van der Waals surface area contributed by atoms with Gasteiger partial charge in [-0.05, 0) is 67.0 Å². The van der Waals surface area contributed by atoms with Crippen molar-refractivity contribution in [1.82, 2.24) is 14.9 Å². The Morgan fingerprint density at radius 2 is 1.97 bits per heavy atom. The van der Waals surface area contributed by atoms with E-state index in [1.54, 1.807) is 0 Å². The number of rotatable bonds is 6. The Balaban J connectivity index is 1.51. The molecule has 3 aromatic rings. The van der Waals surface area contributed by atoms with E-state index in [4.69, 9.17) is 23.8 Å². The number of halogens is 1. The summed E-state index contributed by atoms with van der Waals surface area (Å²) in [5, 5.41) is 7.51. The van der Waals surface area contributed by atoms with Gasteiger partial charge < -0.3 is 20.1 Å². The van der Waals surface area contributed by atoms with Gasteiger partial charge >= 0.3 is 0 Å². The second-order valence-corrected chi connectivity index (χ2v) is 10.8. The SMILES string of the molecule is CC(C)C(=O)Nc1ccc(N2C(=S)N[C@H](c3ccccn3)[C@@H]2c2ccn(C3CCCCC3)c2)cc1Cl. The van der Waals surface area contributed by atoms with Gasteiger partial charge in [0, 0.05) is 36.2 Å². The molecule has 0 radical (unpaired) electrons. The second-order valence-electron chi connectivity index (χ2n) is 9.99. The normalized spacial score (nSPS) is 20.6. The maximum atomic E-state index is 12.2. The standard InChI is InChI=1S/C28H32ClN5OS/c1-18(2)27(35)31-23-12-11-21(16-22(23)29)34-26(25(32-28(34)36)24-10-6-7-14-30-24)19-13-15-33(17-19)20-8-4-3-5-9-20/h6-7,10-18,20,25-26H,3-5,8-9H2,1-2H3,(H,31,35)(H,32,36)/t25-,26+/m1/s1. The Labute approximate surface area is 223 Å². The van der Waals surface area contributed by atoms with Crippen LogP contribution in [0.5, 0.6) is 0 Å². The molecule has 3 heterocycles.